The first-order chi connectivity index (χ1) is 9.83. The molecule has 2 saturated heterocycles. The number of amides is 1. The smallest absolute Gasteiger partial charge is 0.459 e. The first kappa shape index (κ1) is 13.7. The van der Waals surface area contributed by atoms with Crippen LogP contribution in [-0.4, -0.2) is 41.8 Å². The summed E-state index contributed by atoms with van der Waals surface area (Å²) in [6.07, 6.45) is -4.58. The molecule has 8 heteroatoms. The number of benzene rings is 1. The number of alkyl halides is 3. The van der Waals surface area contributed by atoms with Gasteiger partial charge in [-0.15, -0.1) is 13.2 Å². The van der Waals surface area contributed by atoms with Gasteiger partial charge in [-0.25, -0.2) is 4.79 Å². The molecule has 1 amide bonds. The average Bonchev–Trinajstić information content (AvgIpc) is 2.96. The molecule has 0 saturated carbocycles. The second-order valence-electron chi connectivity index (χ2n) is 4.84. The van der Waals surface area contributed by atoms with Crippen LogP contribution >= 0.6 is 0 Å². The summed E-state index contributed by atoms with van der Waals surface area (Å²) in [5, 5.41) is 0. The van der Waals surface area contributed by atoms with Crippen LogP contribution in [0.1, 0.15) is 16.8 Å². The van der Waals surface area contributed by atoms with Gasteiger partial charge in [-0.05, 0) is 24.3 Å². The minimum Gasteiger partial charge on any atom is -0.459 e. The third-order valence-electron chi connectivity index (χ3n) is 3.41. The predicted molar refractivity (Wildman–Crippen MR) is 62.4 cm³/mol. The lowest BCUT2D eigenvalue weighted by molar-refractivity contribution is -0.274. The predicted octanol–water partition coefficient (Wildman–Crippen LogP) is 1.73. The number of rotatable bonds is 2. The number of morpholine rings is 1. The summed E-state index contributed by atoms with van der Waals surface area (Å²) >= 11 is 0. The highest BCUT2D eigenvalue weighted by Gasteiger charge is 2.48. The molecule has 0 unspecified atom stereocenters. The van der Waals surface area contributed by atoms with Gasteiger partial charge in [-0.3, -0.25) is 4.79 Å². The average molecular weight is 301 g/mol. The standard InChI is InChI=1S/C13H10F3NO4/c14-13(15,16)21-8-3-1-7(2-4-8)11(18)17-6-9-5-10(17)12(19)20-9/h1-4,9-10H,5-6H2/t9-,10+/m1/s1. The van der Waals surface area contributed by atoms with Gasteiger partial charge in [-0.2, -0.15) is 0 Å². The number of carbonyl (C=O) groups excluding carboxylic acids is 2. The van der Waals surface area contributed by atoms with Crippen molar-refractivity contribution in [1.29, 1.82) is 0 Å². The third kappa shape index (κ3) is 2.65. The van der Waals surface area contributed by atoms with Gasteiger partial charge in [0.1, 0.15) is 17.9 Å². The van der Waals surface area contributed by atoms with E-state index in [1.54, 1.807) is 0 Å². The highest BCUT2D eigenvalue weighted by molar-refractivity contribution is 5.98. The first-order valence-corrected chi connectivity index (χ1v) is 6.21. The number of hydrogen-bond donors (Lipinski definition) is 0. The summed E-state index contributed by atoms with van der Waals surface area (Å²) in [5.41, 5.74) is 0.199. The van der Waals surface area contributed by atoms with Crippen LogP contribution in [0, 0.1) is 0 Å². The number of carbonyl (C=O) groups is 2. The van der Waals surface area contributed by atoms with Crippen LogP contribution in [0.15, 0.2) is 24.3 Å². The van der Waals surface area contributed by atoms with Crippen molar-refractivity contribution in [1.82, 2.24) is 4.90 Å². The zero-order chi connectivity index (χ0) is 15.2. The van der Waals surface area contributed by atoms with Gasteiger partial charge in [0.05, 0.1) is 6.54 Å². The van der Waals surface area contributed by atoms with E-state index in [2.05, 4.69) is 4.74 Å². The lowest BCUT2D eigenvalue weighted by Crippen LogP contribution is -2.44. The SMILES string of the molecule is O=C1O[C@@H]2C[C@@H]1N(C(=O)c1ccc(OC(F)(F)F)cc1)C2. The summed E-state index contributed by atoms with van der Waals surface area (Å²) in [7, 11) is 0. The van der Waals surface area contributed by atoms with Gasteiger partial charge in [0.15, 0.2) is 0 Å². The van der Waals surface area contributed by atoms with Gasteiger partial charge in [0, 0.05) is 12.0 Å². The molecule has 0 aliphatic carbocycles. The quantitative estimate of drug-likeness (QED) is 0.781. The fraction of sp³-hybridized carbons (Fsp3) is 0.385. The maximum Gasteiger partial charge on any atom is 0.573 e. The van der Waals surface area contributed by atoms with E-state index < -0.39 is 30.0 Å². The highest BCUT2D eigenvalue weighted by atomic mass is 19.4. The van der Waals surface area contributed by atoms with Gasteiger partial charge in [-0.1, -0.05) is 0 Å². The fourth-order valence-electron chi connectivity index (χ4n) is 2.54. The summed E-state index contributed by atoms with van der Waals surface area (Å²) in [6, 6.07) is 4.01. The van der Waals surface area contributed by atoms with Crippen LogP contribution in [0.3, 0.4) is 0 Å². The lowest BCUT2D eigenvalue weighted by atomic mass is 10.1. The number of halogens is 3. The molecule has 3 rings (SSSR count). The molecule has 112 valence electrons. The number of fused-ring (bicyclic) bond motifs is 2. The molecule has 2 fully saturated rings. The number of hydrogen-bond acceptors (Lipinski definition) is 4. The molecule has 0 radical (unpaired) electrons. The number of ether oxygens (including phenoxy) is 2. The van der Waals surface area contributed by atoms with Crippen molar-refractivity contribution in [3.63, 3.8) is 0 Å². The Kier molecular flexibility index (Phi) is 3.03. The molecule has 2 aliphatic heterocycles. The minimum atomic E-state index is -4.77. The van der Waals surface area contributed by atoms with Crippen LogP contribution < -0.4 is 4.74 Å². The zero-order valence-electron chi connectivity index (χ0n) is 10.6. The van der Waals surface area contributed by atoms with Crippen molar-refractivity contribution in [3.05, 3.63) is 29.8 Å². The van der Waals surface area contributed by atoms with E-state index in [4.69, 9.17) is 4.74 Å². The molecule has 2 bridgehead atoms. The van der Waals surface area contributed by atoms with Crippen molar-refractivity contribution in [3.8, 4) is 5.75 Å². The van der Waals surface area contributed by atoms with Crippen molar-refractivity contribution < 1.29 is 32.2 Å². The monoisotopic (exact) mass is 301 g/mol. The Labute approximate surface area is 117 Å². The molecule has 2 heterocycles. The number of esters is 1. The highest BCUT2D eigenvalue weighted by Crippen LogP contribution is 2.30. The summed E-state index contributed by atoms with van der Waals surface area (Å²) in [5.74, 6) is -1.24. The molecule has 0 aromatic heterocycles. The van der Waals surface area contributed by atoms with Crippen LogP contribution in [0.4, 0.5) is 13.2 Å². The van der Waals surface area contributed by atoms with Gasteiger partial charge < -0.3 is 14.4 Å². The molecule has 5 nitrogen and oxygen atoms in total. The Morgan fingerprint density at radius 2 is 1.95 bits per heavy atom. The maximum absolute atomic E-state index is 12.2. The molecular formula is C13H10F3NO4. The van der Waals surface area contributed by atoms with E-state index >= 15 is 0 Å². The van der Waals surface area contributed by atoms with Crippen LogP contribution in [0.5, 0.6) is 5.75 Å². The molecular weight excluding hydrogens is 291 g/mol. The van der Waals surface area contributed by atoms with E-state index in [0.717, 1.165) is 12.1 Å². The second kappa shape index (κ2) is 4.64. The molecule has 2 atom stereocenters. The summed E-state index contributed by atoms with van der Waals surface area (Å²) < 4.78 is 44.8. The van der Waals surface area contributed by atoms with Crippen molar-refractivity contribution >= 4 is 11.9 Å². The third-order valence-corrected chi connectivity index (χ3v) is 3.41. The van der Waals surface area contributed by atoms with E-state index in [1.165, 1.54) is 17.0 Å². The molecule has 2 aliphatic rings. The second-order valence-corrected chi connectivity index (χ2v) is 4.84. The number of nitrogens with zero attached hydrogens (tertiary/aromatic N) is 1. The normalized spacial score (nSPS) is 24.1. The molecule has 1 aromatic carbocycles. The zero-order valence-corrected chi connectivity index (χ0v) is 10.6. The van der Waals surface area contributed by atoms with Crippen molar-refractivity contribution in [2.24, 2.45) is 0 Å². The first-order valence-electron chi connectivity index (χ1n) is 6.21. The number of likely N-dealkylation sites (tertiary alicyclic amines) is 1. The van der Waals surface area contributed by atoms with Crippen LogP contribution in [-0.2, 0) is 9.53 Å². The Hall–Kier alpha value is -2.25. The Morgan fingerprint density at radius 1 is 1.29 bits per heavy atom. The molecule has 21 heavy (non-hydrogen) atoms. The van der Waals surface area contributed by atoms with Gasteiger partial charge >= 0.3 is 12.3 Å². The van der Waals surface area contributed by atoms with Crippen LogP contribution in [0.25, 0.3) is 0 Å². The maximum atomic E-state index is 12.2. The summed E-state index contributed by atoms with van der Waals surface area (Å²) in [6.45, 7) is 0.316. The minimum absolute atomic E-state index is 0.199. The molecule has 0 spiro atoms. The fourth-order valence-corrected chi connectivity index (χ4v) is 2.54. The Balaban J connectivity index is 1.72. The molecule has 1 aromatic rings. The van der Waals surface area contributed by atoms with E-state index in [1.807, 2.05) is 0 Å². The van der Waals surface area contributed by atoms with Crippen LogP contribution in [0.2, 0.25) is 0 Å². The largest absolute Gasteiger partial charge is 0.573 e. The Bertz CT molecular complexity index is 584. The lowest BCUT2D eigenvalue weighted by Gasteiger charge is -2.25. The van der Waals surface area contributed by atoms with E-state index in [0.29, 0.717) is 13.0 Å². The van der Waals surface area contributed by atoms with Crippen molar-refractivity contribution in [2.45, 2.75) is 24.9 Å². The summed E-state index contributed by atoms with van der Waals surface area (Å²) in [4.78, 5) is 25.1. The van der Waals surface area contributed by atoms with Crippen molar-refractivity contribution in [2.75, 3.05) is 6.54 Å². The molecule has 0 N–H and O–H groups in total. The topological polar surface area (TPSA) is 55.8 Å². The van der Waals surface area contributed by atoms with E-state index in [-0.39, 0.29) is 11.7 Å². The Morgan fingerprint density at radius 3 is 2.48 bits per heavy atom. The van der Waals surface area contributed by atoms with E-state index in [9.17, 15) is 22.8 Å². The van der Waals surface area contributed by atoms with Gasteiger partial charge in [0.2, 0.25) is 0 Å². The van der Waals surface area contributed by atoms with Gasteiger partial charge in [0.25, 0.3) is 5.91 Å².